The van der Waals surface area contributed by atoms with E-state index in [1.165, 1.54) is 38.9 Å². The average Bonchev–Trinajstić information content (AvgIpc) is 3.76. The van der Waals surface area contributed by atoms with E-state index in [2.05, 4.69) is 161 Å². The maximum atomic E-state index is 11.6. The fourth-order valence-corrected chi connectivity index (χ4v) is 9.80. The number of benzene rings is 5. The Hall–Kier alpha value is -5.52. The second kappa shape index (κ2) is 15.5. The number of aromatic nitrogens is 2. The van der Waals surface area contributed by atoms with E-state index in [9.17, 15) is 5.11 Å². The predicted octanol–water partition coefficient (Wildman–Crippen LogP) is 16.2. The summed E-state index contributed by atoms with van der Waals surface area (Å²) in [4.78, 5) is 10.5. The summed E-state index contributed by atoms with van der Waals surface area (Å²) in [5.74, 6) is 1.69. The molecule has 0 fully saturated rings. The van der Waals surface area contributed by atoms with Crippen LogP contribution < -0.4 is 0 Å². The summed E-state index contributed by atoms with van der Waals surface area (Å²) in [6, 6.07) is 35.2. The number of furan rings is 1. The van der Waals surface area contributed by atoms with Gasteiger partial charge in [-0.15, -0.1) is 11.3 Å². The van der Waals surface area contributed by atoms with Crippen LogP contribution in [0, 0.1) is 19.3 Å². The molecule has 60 heavy (non-hydrogen) atoms. The fourth-order valence-electron chi connectivity index (χ4n) is 8.63. The molecule has 0 atom stereocenters. The Morgan fingerprint density at radius 1 is 0.683 bits per heavy atom. The number of aromatic hydroxyl groups is 1. The lowest BCUT2D eigenvalue weighted by atomic mass is 9.82. The van der Waals surface area contributed by atoms with Crippen molar-refractivity contribution in [1.82, 2.24) is 9.97 Å². The average molecular weight is 811 g/mol. The molecule has 306 valence electrons. The fraction of sp³-hybridized carbons (Fsp3) is 0.309. The number of nitrogens with zero attached hydrogens (tertiary/aromatic N) is 2. The highest BCUT2D eigenvalue weighted by molar-refractivity contribution is 7.22. The number of thiazole rings is 1. The molecule has 0 unspecified atom stereocenters. The lowest BCUT2D eigenvalue weighted by molar-refractivity contribution is 0.411. The van der Waals surface area contributed by atoms with Crippen LogP contribution >= 0.6 is 11.3 Å². The smallest absolute Gasteiger partial charge is 0.135 e. The number of hydrogen-bond donors (Lipinski definition) is 1. The van der Waals surface area contributed by atoms with Crippen molar-refractivity contribution in [3.8, 4) is 61.0 Å². The van der Waals surface area contributed by atoms with Crippen molar-refractivity contribution in [3.63, 3.8) is 0 Å². The molecule has 3 heterocycles. The van der Waals surface area contributed by atoms with E-state index in [4.69, 9.17) is 14.4 Å². The van der Waals surface area contributed by atoms with E-state index in [0.29, 0.717) is 11.8 Å². The van der Waals surface area contributed by atoms with Crippen LogP contribution in [0.1, 0.15) is 115 Å². The zero-order valence-corrected chi connectivity index (χ0v) is 38.2. The standard InChI is InChI=1S/C55H58N2O2S/c1-31(2)41-14-13-15-42(32(3)4)49(41)44-21-20-43(51-52(44)60-53(57-51)50-46(58)22-23-47-48(50)33(5)34(6)59-47)38-26-39(28-40(27-38)55(10,11)12)45-29-37(24-25-56-45)36-18-16-35(17-19-36)30-54(7,8)9/h13-29,31-32,58H,30H2,1-12H3. The minimum absolute atomic E-state index is 0.127. The Morgan fingerprint density at radius 3 is 2.00 bits per heavy atom. The molecule has 0 spiro atoms. The zero-order valence-electron chi connectivity index (χ0n) is 37.3. The third-order valence-electron chi connectivity index (χ3n) is 11.9. The molecule has 0 bridgehead atoms. The maximum absolute atomic E-state index is 11.6. The lowest BCUT2D eigenvalue weighted by Gasteiger charge is -2.22. The van der Waals surface area contributed by atoms with Crippen molar-refractivity contribution in [3.05, 3.63) is 137 Å². The van der Waals surface area contributed by atoms with Crippen molar-refractivity contribution in [2.24, 2.45) is 5.41 Å². The number of pyridine rings is 1. The van der Waals surface area contributed by atoms with Gasteiger partial charge in [0.25, 0.3) is 0 Å². The van der Waals surface area contributed by atoms with E-state index in [-0.39, 0.29) is 16.6 Å². The van der Waals surface area contributed by atoms with Crippen LogP contribution in [0.15, 0.2) is 108 Å². The van der Waals surface area contributed by atoms with Crippen molar-refractivity contribution in [2.45, 2.75) is 107 Å². The summed E-state index contributed by atoms with van der Waals surface area (Å²) in [5, 5.41) is 13.3. The van der Waals surface area contributed by atoms with Gasteiger partial charge in [-0.05, 0) is 129 Å². The van der Waals surface area contributed by atoms with Crippen molar-refractivity contribution < 1.29 is 9.52 Å². The molecule has 1 N–H and O–H groups in total. The largest absolute Gasteiger partial charge is 0.507 e. The SMILES string of the molecule is Cc1oc2ccc(O)c(-c3nc4c(-c5cc(-c6cc(-c7ccc(CC(C)(C)C)cc7)ccn6)cc(C(C)(C)C)c5)ccc(-c5c(C(C)C)cccc5C(C)C)c4s3)c2c1C. The summed E-state index contributed by atoms with van der Waals surface area (Å²) in [6.07, 6.45) is 2.97. The predicted molar refractivity (Wildman–Crippen MR) is 256 cm³/mol. The van der Waals surface area contributed by atoms with Crippen LogP contribution in [0.5, 0.6) is 5.75 Å². The molecule has 5 aromatic carbocycles. The van der Waals surface area contributed by atoms with E-state index in [1.807, 2.05) is 19.2 Å². The highest BCUT2D eigenvalue weighted by Gasteiger charge is 2.26. The van der Waals surface area contributed by atoms with Gasteiger partial charge in [-0.2, -0.15) is 0 Å². The van der Waals surface area contributed by atoms with Crippen LogP contribution in [-0.2, 0) is 11.8 Å². The monoisotopic (exact) mass is 810 g/mol. The first-order chi connectivity index (χ1) is 28.4. The van der Waals surface area contributed by atoms with Crippen LogP contribution in [0.2, 0.25) is 0 Å². The van der Waals surface area contributed by atoms with Gasteiger partial charge in [0.2, 0.25) is 0 Å². The molecule has 8 aromatic rings. The number of fused-ring (bicyclic) bond motifs is 2. The van der Waals surface area contributed by atoms with Gasteiger partial charge in [0.05, 0.1) is 21.5 Å². The van der Waals surface area contributed by atoms with Gasteiger partial charge in [0.1, 0.15) is 22.1 Å². The Bertz CT molecular complexity index is 2870. The van der Waals surface area contributed by atoms with E-state index in [1.54, 1.807) is 17.4 Å². The number of phenolic OH excluding ortho intramolecular Hbond substituents is 1. The van der Waals surface area contributed by atoms with E-state index >= 15 is 0 Å². The zero-order chi connectivity index (χ0) is 42.8. The van der Waals surface area contributed by atoms with Gasteiger partial charge in [-0.25, -0.2) is 4.98 Å². The van der Waals surface area contributed by atoms with Gasteiger partial charge in [-0.1, -0.05) is 130 Å². The second-order valence-electron chi connectivity index (χ2n) is 19.5. The quantitative estimate of drug-likeness (QED) is 0.166. The maximum Gasteiger partial charge on any atom is 0.135 e. The lowest BCUT2D eigenvalue weighted by Crippen LogP contribution is -2.11. The molecule has 0 amide bonds. The highest BCUT2D eigenvalue weighted by Crippen LogP contribution is 2.49. The molecule has 0 saturated heterocycles. The number of hydrogen-bond acceptors (Lipinski definition) is 5. The minimum atomic E-state index is -0.127. The molecule has 0 radical (unpaired) electrons. The number of phenols is 1. The molecule has 0 aliphatic carbocycles. The number of rotatable bonds is 8. The normalized spacial score (nSPS) is 12.4. The van der Waals surface area contributed by atoms with Gasteiger partial charge in [0, 0.05) is 28.3 Å². The van der Waals surface area contributed by atoms with Crippen LogP contribution in [-0.4, -0.2) is 15.1 Å². The van der Waals surface area contributed by atoms with Crippen LogP contribution in [0.4, 0.5) is 0 Å². The summed E-state index contributed by atoms with van der Waals surface area (Å²) < 4.78 is 7.28. The summed E-state index contributed by atoms with van der Waals surface area (Å²) in [7, 11) is 0. The Labute approximate surface area is 360 Å². The topological polar surface area (TPSA) is 59.2 Å². The first kappa shape index (κ1) is 41.2. The second-order valence-corrected chi connectivity index (χ2v) is 20.5. The molecule has 3 aromatic heterocycles. The molecule has 0 saturated carbocycles. The highest BCUT2D eigenvalue weighted by atomic mass is 32.1. The van der Waals surface area contributed by atoms with Gasteiger partial charge < -0.3 is 9.52 Å². The molecule has 0 aliphatic heterocycles. The van der Waals surface area contributed by atoms with Gasteiger partial charge in [-0.3, -0.25) is 4.98 Å². The van der Waals surface area contributed by atoms with Crippen molar-refractivity contribution in [2.75, 3.05) is 0 Å². The molecule has 4 nitrogen and oxygen atoms in total. The Balaban J connectivity index is 1.37. The molecule has 5 heteroatoms. The van der Waals surface area contributed by atoms with Gasteiger partial charge in [0.15, 0.2) is 0 Å². The molecular weight excluding hydrogens is 753 g/mol. The van der Waals surface area contributed by atoms with E-state index in [0.717, 1.165) is 77.4 Å². The van der Waals surface area contributed by atoms with Crippen LogP contribution in [0.25, 0.3) is 76.4 Å². The minimum Gasteiger partial charge on any atom is -0.507 e. The molecular formula is C55H58N2O2S. The Kier molecular flexibility index (Phi) is 10.6. The number of aryl methyl sites for hydroxylation is 2. The first-order valence-corrected chi connectivity index (χ1v) is 22.2. The first-order valence-electron chi connectivity index (χ1n) is 21.4. The third kappa shape index (κ3) is 7.81. The third-order valence-corrected chi connectivity index (χ3v) is 13.0. The summed E-state index contributed by atoms with van der Waals surface area (Å²) in [5.41, 5.74) is 17.6. The Morgan fingerprint density at radius 2 is 1.35 bits per heavy atom. The molecule has 0 aliphatic rings. The summed E-state index contributed by atoms with van der Waals surface area (Å²) >= 11 is 1.66. The van der Waals surface area contributed by atoms with E-state index < -0.39 is 0 Å². The van der Waals surface area contributed by atoms with Crippen molar-refractivity contribution in [1.29, 1.82) is 0 Å². The van der Waals surface area contributed by atoms with Crippen molar-refractivity contribution >= 4 is 32.5 Å². The van der Waals surface area contributed by atoms with Crippen LogP contribution in [0.3, 0.4) is 0 Å². The summed E-state index contributed by atoms with van der Waals surface area (Å²) in [6.45, 7) is 26.8. The molecule has 8 rings (SSSR count). The van der Waals surface area contributed by atoms with Gasteiger partial charge >= 0.3 is 0 Å².